The first-order valence-electron chi connectivity index (χ1n) is 10.7. The highest BCUT2D eigenvalue weighted by atomic mass is 19.1. The Morgan fingerprint density at radius 2 is 1.74 bits per heavy atom. The maximum absolute atomic E-state index is 14.4. The first-order chi connectivity index (χ1) is 15.2. The van der Waals surface area contributed by atoms with Gasteiger partial charge in [-0.1, -0.05) is 68.7 Å². The molecule has 4 aromatic rings. The van der Waals surface area contributed by atoms with E-state index in [-0.39, 0.29) is 11.7 Å². The minimum Gasteiger partial charge on any atom is -0.351 e. The third kappa shape index (κ3) is 4.63. The Morgan fingerprint density at radius 3 is 2.52 bits per heavy atom. The summed E-state index contributed by atoms with van der Waals surface area (Å²) in [5.41, 5.74) is 3.21. The van der Waals surface area contributed by atoms with Crippen molar-refractivity contribution < 1.29 is 9.18 Å². The van der Waals surface area contributed by atoms with Gasteiger partial charge in [0, 0.05) is 23.7 Å². The zero-order valence-electron chi connectivity index (χ0n) is 17.5. The van der Waals surface area contributed by atoms with Gasteiger partial charge in [0.15, 0.2) is 5.65 Å². The SMILES string of the molecule is CCCCCCNC(=O)c1cc(-c2ccccc2F)nc2cc(-c3ccccc3)nn12. The van der Waals surface area contributed by atoms with Gasteiger partial charge in [-0.2, -0.15) is 5.10 Å². The molecule has 0 aliphatic carbocycles. The summed E-state index contributed by atoms with van der Waals surface area (Å²) in [6.45, 7) is 2.74. The summed E-state index contributed by atoms with van der Waals surface area (Å²) in [5, 5.41) is 7.59. The molecule has 0 aliphatic heterocycles. The summed E-state index contributed by atoms with van der Waals surface area (Å²) in [6, 6.07) is 19.6. The van der Waals surface area contributed by atoms with E-state index in [1.165, 1.54) is 10.6 Å². The molecule has 4 rings (SSSR count). The standard InChI is InChI=1S/C25H25FN4O/c1-2-3-4-10-15-27-25(31)23-16-22(19-13-8-9-14-20(19)26)28-24-17-21(29-30(23)24)18-11-6-5-7-12-18/h5-9,11-14,16-17H,2-4,10,15H2,1H3,(H,27,31). The van der Waals surface area contributed by atoms with Crippen molar-refractivity contribution >= 4 is 11.6 Å². The smallest absolute Gasteiger partial charge is 0.270 e. The van der Waals surface area contributed by atoms with Crippen LogP contribution in [-0.2, 0) is 0 Å². The number of fused-ring (bicyclic) bond motifs is 1. The highest BCUT2D eigenvalue weighted by molar-refractivity contribution is 5.94. The Hall–Kier alpha value is -3.54. The van der Waals surface area contributed by atoms with Crippen molar-refractivity contribution in [1.82, 2.24) is 19.9 Å². The predicted octanol–water partition coefficient (Wildman–Crippen LogP) is 5.51. The molecule has 2 heterocycles. The van der Waals surface area contributed by atoms with E-state index in [1.54, 1.807) is 24.3 Å². The Bertz CT molecular complexity index is 1190. The number of carbonyl (C=O) groups excluding carboxylic acids is 1. The van der Waals surface area contributed by atoms with Gasteiger partial charge in [-0.15, -0.1) is 0 Å². The van der Waals surface area contributed by atoms with E-state index in [0.717, 1.165) is 31.2 Å². The average Bonchev–Trinajstić information content (AvgIpc) is 3.23. The number of hydrogen-bond donors (Lipinski definition) is 1. The molecule has 158 valence electrons. The van der Waals surface area contributed by atoms with Gasteiger partial charge in [0.05, 0.1) is 11.4 Å². The number of unbranched alkanes of at least 4 members (excludes halogenated alkanes) is 3. The average molecular weight is 417 g/mol. The lowest BCUT2D eigenvalue weighted by atomic mass is 10.1. The number of halogens is 1. The van der Waals surface area contributed by atoms with E-state index < -0.39 is 0 Å². The van der Waals surface area contributed by atoms with Crippen LogP contribution in [0.4, 0.5) is 4.39 Å². The fourth-order valence-corrected chi connectivity index (χ4v) is 3.54. The molecule has 5 nitrogen and oxygen atoms in total. The third-order valence-electron chi connectivity index (χ3n) is 5.20. The van der Waals surface area contributed by atoms with E-state index >= 15 is 0 Å². The Balaban J connectivity index is 1.75. The largest absolute Gasteiger partial charge is 0.351 e. The van der Waals surface area contributed by atoms with Gasteiger partial charge in [-0.05, 0) is 24.6 Å². The fourth-order valence-electron chi connectivity index (χ4n) is 3.54. The number of nitrogens with zero attached hydrogens (tertiary/aromatic N) is 3. The number of aromatic nitrogens is 3. The Kier molecular flexibility index (Phi) is 6.36. The van der Waals surface area contributed by atoms with E-state index in [0.29, 0.717) is 34.8 Å². The molecule has 2 aromatic carbocycles. The highest BCUT2D eigenvalue weighted by Crippen LogP contribution is 2.25. The minimum atomic E-state index is -0.381. The molecule has 1 N–H and O–H groups in total. The van der Waals surface area contributed by atoms with Crippen molar-refractivity contribution in [2.24, 2.45) is 0 Å². The van der Waals surface area contributed by atoms with Crippen molar-refractivity contribution in [1.29, 1.82) is 0 Å². The quantitative estimate of drug-likeness (QED) is 0.385. The summed E-state index contributed by atoms with van der Waals surface area (Å²) in [6.07, 6.45) is 4.28. The number of carbonyl (C=O) groups is 1. The molecule has 0 radical (unpaired) electrons. The Morgan fingerprint density at radius 1 is 0.968 bits per heavy atom. The van der Waals surface area contributed by atoms with E-state index in [9.17, 15) is 9.18 Å². The number of nitrogens with one attached hydrogen (secondary N) is 1. The number of amides is 1. The zero-order chi connectivity index (χ0) is 21.6. The van der Waals surface area contributed by atoms with Gasteiger partial charge in [-0.25, -0.2) is 13.9 Å². The number of hydrogen-bond acceptors (Lipinski definition) is 3. The van der Waals surface area contributed by atoms with Crippen LogP contribution in [0, 0.1) is 5.82 Å². The molecule has 0 unspecified atom stereocenters. The summed E-state index contributed by atoms with van der Waals surface area (Å²) < 4.78 is 16.0. The lowest BCUT2D eigenvalue weighted by molar-refractivity contribution is 0.0945. The van der Waals surface area contributed by atoms with Crippen LogP contribution in [0.1, 0.15) is 43.1 Å². The molecule has 0 aliphatic rings. The first kappa shape index (κ1) is 20.7. The Labute approximate surface area is 181 Å². The van der Waals surface area contributed by atoms with E-state index in [2.05, 4.69) is 22.3 Å². The summed E-state index contributed by atoms with van der Waals surface area (Å²) in [7, 11) is 0. The van der Waals surface area contributed by atoms with E-state index in [4.69, 9.17) is 0 Å². The van der Waals surface area contributed by atoms with Crippen molar-refractivity contribution in [3.05, 3.63) is 78.2 Å². The molecule has 2 aromatic heterocycles. The molecule has 6 heteroatoms. The van der Waals surface area contributed by atoms with Crippen LogP contribution in [0.3, 0.4) is 0 Å². The highest BCUT2D eigenvalue weighted by Gasteiger charge is 2.18. The van der Waals surface area contributed by atoms with Crippen LogP contribution in [0.5, 0.6) is 0 Å². The molecule has 0 bridgehead atoms. The molecule has 0 atom stereocenters. The summed E-state index contributed by atoms with van der Waals surface area (Å²) in [4.78, 5) is 17.6. The maximum atomic E-state index is 14.4. The summed E-state index contributed by atoms with van der Waals surface area (Å²) >= 11 is 0. The second-order valence-electron chi connectivity index (χ2n) is 7.49. The van der Waals surface area contributed by atoms with Gasteiger partial charge in [0.1, 0.15) is 11.5 Å². The molecule has 1 amide bonds. The first-order valence-corrected chi connectivity index (χ1v) is 10.7. The molecule has 0 fully saturated rings. The van der Waals surface area contributed by atoms with Crippen LogP contribution in [0.25, 0.3) is 28.2 Å². The van der Waals surface area contributed by atoms with Crippen molar-refractivity contribution in [2.45, 2.75) is 32.6 Å². The van der Waals surface area contributed by atoms with Crippen LogP contribution in [0.15, 0.2) is 66.7 Å². The van der Waals surface area contributed by atoms with Crippen molar-refractivity contribution in [2.75, 3.05) is 6.54 Å². The second kappa shape index (κ2) is 9.51. The third-order valence-corrected chi connectivity index (χ3v) is 5.20. The zero-order valence-corrected chi connectivity index (χ0v) is 17.5. The lowest BCUT2D eigenvalue weighted by Crippen LogP contribution is -2.27. The van der Waals surface area contributed by atoms with Gasteiger partial charge in [0.25, 0.3) is 5.91 Å². The van der Waals surface area contributed by atoms with Gasteiger partial charge in [0.2, 0.25) is 0 Å². The molecule has 31 heavy (non-hydrogen) atoms. The van der Waals surface area contributed by atoms with Gasteiger partial charge in [-0.3, -0.25) is 4.79 Å². The van der Waals surface area contributed by atoms with Gasteiger partial charge < -0.3 is 5.32 Å². The molecule has 0 saturated carbocycles. The molecular weight excluding hydrogens is 391 g/mol. The predicted molar refractivity (Wildman–Crippen MR) is 120 cm³/mol. The number of rotatable bonds is 8. The molecule has 0 saturated heterocycles. The van der Waals surface area contributed by atoms with Crippen LogP contribution >= 0.6 is 0 Å². The molecular formula is C25H25FN4O. The summed E-state index contributed by atoms with van der Waals surface area (Å²) in [5.74, 6) is -0.628. The van der Waals surface area contributed by atoms with Gasteiger partial charge >= 0.3 is 0 Å². The van der Waals surface area contributed by atoms with Crippen LogP contribution in [0.2, 0.25) is 0 Å². The van der Waals surface area contributed by atoms with Crippen LogP contribution < -0.4 is 5.32 Å². The van der Waals surface area contributed by atoms with Crippen molar-refractivity contribution in [3.63, 3.8) is 0 Å². The topological polar surface area (TPSA) is 59.3 Å². The van der Waals surface area contributed by atoms with E-state index in [1.807, 2.05) is 36.4 Å². The second-order valence-corrected chi connectivity index (χ2v) is 7.49. The lowest BCUT2D eigenvalue weighted by Gasteiger charge is -2.09. The minimum absolute atomic E-state index is 0.246. The van der Waals surface area contributed by atoms with Crippen molar-refractivity contribution in [3.8, 4) is 22.5 Å². The maximum Gasteiger partial charge on any atom is 0.270 e. The van der Waals surface area contributed by atoms with Crippen LogP contribution in [-0.4, -0.2) is 27.0 Å². The number of benzene rings is 2. The molecule has 0 spiro atoms. The fraction of sp³-hybridized carbons (Fsp3) is 0.240. The monoisotopic (exact) mass is 416 g/mol. The normalized spacial score (nSPS) is 11.0.